The number of benzene rings is 2. The lowest BCUT2D eigenvalue weighted by Gasteiger charge is -2.35. The Kier molecular flexibility index (Phi) is 6.83. The van der Waals surface area contributed by atoms with E-state index < -0.39 is 0 Å². The molecule has 1 aliphatic rings. The van der Waals surface area contributed by atoms with Gasteiger partial charge in [0.15, 0.2) is 5.11 Å². The fourth-order valence-electron chi connectivity index (χ4n) is 3.51. The summed E-state index contributed by atoms with van der Waals surface area (Å²) >= 11 is 5.39. The van der Waals surface area contributed by atoms with Crippen LogP contribution in [0.3, 0.4) is 0 Å². The number of rotatable bonds is 5. The summed E-state index contributed by atoms with van der Waals surface area (Å²) in [6, 6.07) is 16.9. The van der Waals surface area contributed by atoms with Crippen molar-refractivity contribution < 1.29 is 4.74 Å². The zero-order valence-corrected chi connectivity index (χ0v) is 17.2. The molecule has 0 spiro atoms. The van der Waals surface area contributed by atoms with Crippen molar-refractivity contribution in [1.29, 1.82) is 0 Å². The number of nitrogens with one attached hydrogen (secondary N) is 2. The topological polar surface area (TPSA) is 36.5 Å². The van der Waals surface area contributed by atoms with Gasteiger partial charge in [0.2, 0.25) is 0 Å². The third-order valence-corrected chi connectivity index (χ3v) is 4.90. The van der Waals surface area contributed by atoms with Gasteiger partial charge >= 0.3 is 0 Å². The second kappa shape index (κ2) is 9.31. The van der Waals surface area contributed by atoms with Crippen molar-refractivity contribution in [2.75, 3.05) is 18.4 Å². The van der Waals surface area contributed by atoms with Gasteiger partial charge in [0.25, 0.3) is 0 Å². The van der Waals surface area contributed by atoms with Gasteiger partial charge in [0, 0.05) is 31.9 Å². The molecule has 1 heterocycles. The molecule has 27 heavy (non-hydrogen) atoms. The predicted molar refractivity (Wildman–Crippen MR) is 116 cm³/mol. The molecule has 0 radical (unpaired) electrons. The zero-order valence-electron chi connectivity index (χ0n) is 16.4. The molecule has 3 rings (SSSR count). The second-order valence-electron chi connectivity index (χ2n) is 7.45. The van der Waals surface area contributed by atoms with Crippen LogP contribution < -0.4 is 10.6 Å². The van der Waals surface area contributed by atoms with E-state index in [2.05, 4.69) is 72.7 Å². The van der Waals surface area contributed by atoms with Gasteiger partial charge in [-0.25, -0.2) is 0 Å². The first kappa shape index (κ1) is 19.8. The van der Waals surface area contributed by atoms with E-state index in [4.69, 9.17) is 17.0 Å². The molecule has 2 aromatic carbocycles. The van der Waals surface area contributed by atoms with Crippen molar-refractivity contribution in [3.8, 4) is 0 Å². The molecule has 1 aliphatic heterocycles. The summed E-state index contributed by atoms with van der Waals surface area (Å²) in [5, 5.41) is 7.14. The summed E-state index contributed by atoms with van der Waals surface area (Å²) in [5.74, 6) is 0. The monoisotopic (exact) mass is 383 g/mol. The van der Waals surface area contributed by atoms with Gasteiger partial charge in [0.05, 0.1) is 12.2 Å². The van der Waals surface area contributed by atoms with Crippen LogP contribution in [0.5, 0.6) is 0 Å². The Hall–Kier alpha value is -1.95. The van der Waals surface area contributed by atoms with Crippen molar-refractivity contribution in [3.05, 3.63) is 65.2 Å². The lowest BCUT2D eigenvalue weighted by molar-refractivity contribution is -0.0704. The lowest BCUT2D eigenvalue weighted by Crippen LogP contribution is -2.44. The Labute approximate surface area is 167 Å². The first-order valence-electron chi connectivity index (χ1n) is 9.55. The fourth-order valence-corrected chi connectivity index (χ4v) is 3.70. The number of anilines is 1. The van der Waals surface area contributed by atoms with E-state index in [1.54, 1.807) is 0 Å². The highest BCUT2D eigenvalue weighted by Crippen LogP contribution is 2.15. The average molecular weight is 384 g/mol. The Morgan fingerprint density at radius 2 is 1.74 bits per heavy atom. The van der Waals surface area contributed by atoms with E-state index in [1.165, 1.54) is 16.7 Å². The zero-order chi connectivity index (χ0) is 19.2. The highest BCUT2D eigenvalue weighted by atomic mass is 32.1. The van der Waals surface area contributed by atoms with Crippen LogP contribution >= 0.6 is 12.2 Å². The van der Waals surface area contributed by atoms with E-state index in [-0.39, 0.29) is 0 Å². The fraction of sp³-hybridized carbons (Fsp3) is 0.409. The molecule has 1 fully saturated rings. The summed E-state index contributed by atoms with van der Waals surface area (Å²) in [4.78, 5) is 2.47. The molecule has 2 atom stereocenters. The minimum Gasteiger partial charge on any atom is -0.373 e. The molecule has 1 saturated heterocycles. The third kappa shape index (κ3) is 6.31. The highest BCUT2D eigenvalue weighted by molar-refractivity contribution is 7.80. The Morgan fingerprint density at radius 3 is 2.41 bits per heavy atom. The summed E-state index contributed by atoms with van der Waals surface area (Å²) < 4.78 is 5.81. The van der Waals surface area contributed by atoms with Crippen molar-refractivity contribution >= 4 is 23.0 Å². The van der Waals surface area contributed by atoms with Gasteiger partial charge < -0.3 is 15.4 Å². The van der Waals surface area contributed by atoms with Gasteiger partial charge in [-0.2, -0.15) is 0 Å². The van der Waals surface area contributed by atoms with Gasteiger partial charge in [-0.05, 0) is 61.8 Å². The minimum atomic E-state index is 0.305. The Bertz CT molecular complexity index is 752. The van der Waals surface area contributed by atoms with Crippen molar-refractivity contribution in [2.24, 2.45) is 0 Å². The van der Waals surface area contributed by atoms with Crippen LogP contribution in [-0.2, 0) is 17.8 Å². The van der Waals surface area contributed by atoms with Crippen LogP contribution in [0, 0.1) is 6.92 Å². The molecular formula is C22H29N3OS. The van der Waals surface area contributed by atoms with E-state index in [1.807, 2.05) is 12.1 Å². The minimum absolute atomic E-state index is 0.305. The van der Waals surface area contributed by atoms with E-state index in [9.17, 15) is 0 Å². The number of aryl methyl sites for hydroxylation is 1. The standard InChI is InChI=1S/C22H29N3OS/c1-16-5-4-6-21(11-16)24-22(27)23-12-19-7-9-20(10-8-19)15-25-13-17(2)26-18(3)14-25/h4-11,17-18H,12-15H2,1-3H3,(H2,23,24,27). The summed E-state index contributed by atoms with van der Waals surface area (Å²) in [6.07, 6.45) is 0.610. The molecule has 0 bridgehead atoms. The molecule has 0 aliphatic carbocycles. The number of morpholine rings is 1. The molecule has 5 heteroatoms. The SMILES string of the molecule is Cc1cccc(NC(=S)NCc2ccc(CN3CC(C)OC(C)C3)cc2)c1. The van der Waals surface area contributed by atoms with Gasteiger partial charge in [0.1, 0.15) is 0 Å². The van der Waals surface area contributed by atoms with Gasteiger partial charge in [-0.3, -0.25) is 4.90 Å². The van der Waals surface area contributed by atoms with Crippen molar-refractivity contribution in [3.63, 3.8) is 0 Å². The van der Waals surface area contributed by atoms with Crippen molar-refractivity contribution in [1.82, 2.24) is 10.2 Å². The van der Waals surface area contributed by atoms with Gasteiger partial charge in [-0.1, -0.05) is 36.4 Å². The van der Waals surface area contributed by atoms with Crippen LogP contribution in [0.25, 0.3) is 0 Å². The molecule has 2 unspecified atom stereocenters. The van der Waals surface area contributed by atoms with Crippen LogP contribution in [0.2, 0.25) is 0 Å². The number of nitrogens with zero attached hydrogens (tertiary/aromatic N) is 1. The van der Waals surface area contributed by atoms with E-state index in [0.717, 1.165) is 25.3 Å². The molecule has 2 aromatic rings. The van der Waals surface area contributed by atoms with Gasteiger partial charge in [-0.15, -0.1) is 0 Å². The maximum absolute atomic E-state index is 5.81. The third-order valence-electron chi connectivity index (χ3n) is 4.65. The molecule has 0 amide bonds. The smallest absolute Gasteiger partial charge is 0.171 e. The number of hydrogen-bond acceptors (Lipinski definition) is 3. The highest BCUT2D eigenvalue weighted by Gasteiger charge is 2.21. The van der Waals surface area contributed by atoms with Crippen LogP contribution in [0.15, 0.2) is 48.5 Å². The first-order chi connectivity index (χ1) is 13.0. The maximum Gasteiger partial charge on any atom is 0.171 e. The molecule has 0 saturated carbocycles. The van der Waals surface area contributed by atoms with E-state index in [0.29, 0.717) is 23.9 Å². The first-order valence-corrected chi connectivity index (χ1v) is 9.96. The molecule has 0 aromatic heterocycles. The average Bonchev–Trinajstić information content (AvgIpc) is 2.60. The van der Waals surface area contributed by atoms with Crippen LogP contribution in [0.4, 0.5) is 5.69 Å². The number of hydrogen-bond donors (Lipinski definition) is 2. The second-order valence-corrected chi connectivity index (χ2v) is 7.85. The summed E-state index contributed by atoms with van der Waals surface area (Å²) in [5.41, 5.74) is 4.77. The quantitative estimate of drug-likeness (QED) is 0.761. The Morgan fingerprint density at radius 1 is 1.07 bits per heavy atom. The predicted octanol–water partition coefficient (Wildman–Crippen LogP) is 4.09. The summed E-state index contributed by atoms with van der Waals surface area (Å²) in [7, 11) is 0. The molecule has 2 N–H and O–H groups in total. The molecule has 144 valence electrons. The summed E-state index contributed by atoms with van der Waals surface area (Å²) in [6.45, 7) is 10.0. The van der Waals surface area contributed by atoms with Crippen molar-refractivity contribution in [2.45, 2.75) is 46.1 Å². The van der Waals surface area contributed by atoms with E-state index >= 15 is 0 Å². The molecule has 4 nitrogen and oxygen atoms in total. The van der Waals surface area contributed by atoms with Crippen LogP contribution in [0.1, 0.15) is 30.5 Å². The number of ether oxygens (including phenoxy) is 1. The lowest BCUT2D eigenvalue weighted by atomic mass is 10.1. The number of thiocarbonyl (C=S) groups is 1. The Balaban J connectivity index is 1.47. The normalized spacial score (nSPS) is 20.3. The van der Waals surface area contributed by atoms with Crippen LogP contribution in [-0.4, -0.2) is 35.3 Å². The maximum atomic E-state index is 5.81. The largest absolute Gasteiger partial charge is 0.373 e. The molecular weight excluding hydrogens is 354 g/mol.